The number of carbonyl (C=O) groups is 3. The van der Waals surface area contributed by atoms with Crippen LogP contribution in [0, 0.1) is 0 Å². The number of carboxylic acids is 3. The van der Waals surface area contributed by atoms with Gasteiger partial charge in [0.05, 0.1) is 17.9 Å². The number of carbonyl (C=O) groups excluding carboxylic acids is 3. The van der Waals surface area contributed by atoms with Gasteiger partial charge in [0.1, 0.15) is 0 Å². The molecule has 0 fully saturated rings. The summed E-state index contributed by atoms with van der Waals surface area (Å²) in [5, 5.41) is 40.0. The van der Waals surface area contributed by atoms with Crippen molar-refractivity contribution in [2.75, 3.05) is 17.2 Å². The van der Waals surface area contributed by atoms with Crippen LogP contribution >= 0.6 is 0 Å². The van der Waals surface area contributed by atoms with E-state index in [0.29, 0.717) is 17.1 Å². The smallest absolute Gasteiger partial charge is 0.852 e. The number of carboxylic acid groups (broad SMARTS) is 3. The number of benzene rings is 3. The minimum atomic E-state index is -1.18. The Hall–Kier alpha value is -3.86. The van der Waals surface area contributed by atoms with E-state index in [1.54, 1.807) is 13.8 Å². The number of anilines is 3. The molecule has 0 atom stereocenters. The third-order valence-electron chi connectivity index (χ3n) is 3.44. The summed E-state index contributed by atoms with van der Waals surface area (Å²) < 4.78 is 0. The Morgan fingerprint density at radius 2 is 0.686 bits per heavy atom. The van der Waals surface area contributed by atoms with Gasteiger partial charge in [0.25, 0.3) is 0 Å². The molecule has 0 aliphatic heterocycles. The maximum atomic E-state index is 10.2. The normalized spacial score (nSPS) is 8.91. The molecule has 6 N–H and O–H groups in total. The monoisotopic (exact) mass is 515 g/mol. The largest absolute Gasteiger partial charge is 4.00 e. The van der Waals surface area contributed by atoms with Gasteiger partial charge in [0, 0.05) is 17.1 Å². The maximum Gasteiger partial charge on any atom is 4.00 e. The molecule has 0 saturated heterocycles. The first-order valence-electron chi connectivity index (χ1n) is 9.70. The van der Waals surface area contributed by atoms with Gasteiger partial charge in [0.15, 0.2) is 0 Å². The van der Waals surface area contributed by atoms with E-state index in [-0.39, 0.29) is 38.4 Å². The zero-order valence-corrected chi connectivity index (χ0v) is 20.7. The van der Waals surface area contributed by atoms with E-state index in [1.807, 2.05) is 0 Å². The van der Waals surface area contributed by atoms with E-state index >= 15 is 0 Å². The van der Waals surface area contributed by atoms with Crippen LogP contribution in [-0.4, -0.2) is 24.0 Å². The third-order valence-corrected chi connectivity index (χ3v) is 3.44. The Labute approximate surface area is 217 Å². The first-order valence-corrected chi connectivity index (χ1v) is 9.70. The molecular weight excluding hydrogens is 490 g/mol. The number of hydrogen-bond acceptors (Lipinski definition) is 10. The van der Waals surface area contributed by atoms with Crippen LogP contribution in [0.25, 0.3) is 0 Å². The molecule has 3 rings (SSSR count). The maximum absolute atomic E-state index is 10.2. The first kappa shape index (κ1) is 33.3. The van der Waals surface area contributed by atoms with Crippen molar-refractivity contribution in [3.8, 4) is 0 Å². The molecule has 35 heavy (non-hydrogen) atoms. The molecule has 3 aromatic carbocycles. The zero-order chi connectivity index (χ0) is 26.3. The second kappa shape index (κ2) is 17.6. The van der Waals surface area contributed by atoms with E-state index in [1.165, 1.54) is 72.8 Å². The first-order chi connectivity index (χ1) is 15.8. The predicted molar refractivity (Wildman–Crippen MR) is 121 cm³/mol. The fraction of sp³-hybridized carbons (Fsp3) is 0.125. The van der Waals surface area contributed by atoms with E-state index in [2.05, 4.69) is 0 Å². The molecule has 3 aromatic rings. The predicted octanol–water partition coefficient (Wildman–Crippen LogP) is -1.35. The van der Waals surface area contributed by atoms with Crippen LogP contribution in [0.1, 0.15) is 44.9 Å². The molecule has 0 aliphatic carbocycles. The molecule has 10 nitrogen and oxygen atoms in total. The fourth-order valence-corrected chi connectivity index (χ4v) is 1.86. The van der Waals surface area contributed by atoms with Crippen molar-refractivity contribution in [1.82, 2.24) is 0 Å². The summed E-state index contributed by atoms with van der Waals surface area (Å²) in [5.41, 5.74) is 18.0. The standard InChI is InChI=1S/3C7H7NO2.C3H7O.Ti/c3*8-6-3-1-5(2-4-6)7(9)10;1-3(2)4;/h3*1-4H,8H2,(H,9,10);3H,1-2H3;/q;;;-1;+4/p-3. The average molecular weight is 515 g/mol. The summed E-state index contributed by atoms with van der Waals surface area (Å²) in [6, 6.07) is 17.6. The molecular formula is C24H25N3O7Ti. The fourth-order valence-electron chi connectivity index (χ4n) is 1.86. The second-order valence-corrected chi connectivity index (χ2v) is 6.78. The van der Waals surface area contributed by atoms with E-state index in [9.17, 15) is 34.8 Å². The molecule has 0 amide bonds. The van der Waals surface area contributed by atoms with Gasteiger partial charge in [0.2, 0.25) is 0 Å². The van der Waals surface area contributed by atoms with Crippen LogP contribution < -0.4 is 37.6 Å². The second-order valence-electron chi connectivity index (χ2n) is 6.78. The molecule has 0 spiro atoms. The van der Waals surface area contributed by atoms with Gasteiger partial charge < -0.3 is 52.0 Å². The van der Waals surface area contributed by atoms with E-state index < -0.39 is 24.0 Å². The molecule has 0 radical (unpaired) electrons. The molecule has 0 aliphatic rings. The van der Waals surface area contributed by atoms with Crippen molar-refractivity contribution in [2.24, 2.45) is 0 Å². The SMILES string of the molecule is CC(C)[O-].Nc1ccc(C(=O)[O-])cc1.Nc1ccc(C(=O)[O-])cc1.Nc1ccc(C(=O)[O-])cc1.[Ti+4]. The van der Waals surface area contributed by atoms with Crippen molar-refractivity contribution in [2.45, 2.75) is 20.0 Å². The molecule has 0 bridgehead atoms. The van der Waals surface area contributed by atoms with Gasteiger partial charge in [-0.25, -0.2) is 0 Å². The summed E-state index contributed by atoms with van der Waals surface area (Å²) in [6.45, 7) is 3.22. The molecule has 0 unspecified atom stereocenters. The Morgan fingerprint density at radius 1 is 0.543 bits per heavy atom. The quantitative estimate of drug-likeness (QED) is 0.275. The minimum absolute atomic E-state index is 0. The van der Waals surface area contributed by atoms with Crippen LogP contribution in [0.15, 0.2) is 72.8 Å². The van der Waals surface area contributed by atoms with Crippen molar-refractivity contribution >= 4 is 35.0 Å². The van der Waals surface area contributed by atoms with Gasteiger partial charge in [-0.2, -0.15) is 0 Å². The third kappa shape index (κ3) is 16.4. The zero-order valence-electron chi connectivity index (χ0n) is 19.1. The molecule has 0 aromatic heterocycles. The minimum Gasteiger partial charge on any atom is -0.852 e. The van der Waals surface area contributed by atoms with Crippen molar-refractivity contribution < 1.29 is 56.5 Å². The number of nitrogens with two attached hydrogens (primary N) is 3. The number of rotatable bonds is 3. The summed E-state index contributed by atoms with van der Waals surface area (Å²) in [4.78, 5) is 30.5. The van der Waals surface area contributed by atoms with Gasteiger partial charge >= 0.3 is 21.7 Å². The van der Waals surface area contributed by atoms with Crippen LogP contribution in [0.3, 0.4) is 0 Å². The Morgan fingerprint density at radius 3 is 0.800 bits per heavy atom. The van der Waals surface area contributed by atoms with Gasteiger partial charge in [-0.15, -0.1) is 6.10 Å². The van der Waals surface area contributed by atoms with Crippen LogP contribution in [-0.2, 0) is 21.7 Å². The van der Waals surface area contributed by atoms with Crippen molar-refractivity contribution in [3.05, 3.63) is 89.5 Å². The number of aromatic carboxylic acids is 3. The molecule has 0 heterocycles. The Bertz CT molecular complexity index is 906. The Balaban J connectivity index is 0. The van der Waals surface area contributed by atoms with Crippen molar-refractivity contribution in [1.29, 1.82) is 0 Å². The average Bonchev–Trinajstić information content (AvgIpc) is 2.75. The van der Waals surface area contributed by atoms with Crippen molar-refractivity contribution in [3.63, 3.8) is 0 Å². The van der Waals surface area contributed by atoms with Gasteiger partial charge in [-0.1, -0.05) is 50.2 Å². The molecule has 11 heteroatoms. The molecule has 0 saturated carbocycles. The summed E-state index contributed by atoms with van der Waals surface area (Å²) in [7, 11) is 0. The van der Waals surface area contributed by atoms with E-state index in [0.717, 1.165) is 0 Å². The summed E-state index contributed by atoms with van der Waals surface area (Å²) in [6.07, 6.45) is -0.417. The number of nitrogen functional groups attached to an aromatic ring is 3. The summed E-state index contributed by atoms with van der Waals surface area (Å²) in [5.74, 6) is -3.54. The van der Waals surface area contributed by atoms with Crippen LogP contribution in [0.2, 0.25) is 0 Å². The van der Waals surface area contributed by atoms with Gasteiger partial charge in [-0.05, 0) is 53.1 Å². The van der Waals surface area contributed by atoms with Gasteiger partial charge in [-0.3, -0.25) is 0 Å². The summed E-state index contributed by atoms with van der Waals surface area (Å²) >= 11 is 0. The number of hydrogen-bond donors (Lipinski definition) is 3. The van der Waals surface area contributed by atoms with E-state index in [4.69, 9.17) is 17.2 Å². The van der Waals surface area contributed by atoms with Crippen LogP contribution in [0.4, 0.5) is 17.1 Å². The van der Waals surface area contributed by atoms with Crippen LogP contribution in [0.5, 0.6) is 0 Å². The molecule has 182 valence electrons. The Kier molecular flexibility index (Phi) is 16.8. The topological polar surface area (TPSA) is 222 Å².